The van der Waals surface area contributed by atoms with Crippen molar-refractivity contribution < 1.29 is 19.1 Å². The summed E-state index contributed by atoms with van der Waals surface area (Å²) in [6, 6.07) is 16.0. The van der Waals surface area contributed by atoms with Crippen LogP contribution in [0.4, 0.5) is 5.69 Å². The number of ether oxygens (including phenoxy) is 1. The standard InChI is InChI=1S/C30H39N3O4/c1-3-9-26-27(25(34)20-37-26)33-29(36)24(18-30(2)16-7-8-17-30)32-28(35)22-12-14-23(15-13-22)31-19-21-10-5-4-6-11-21/h4-6,10-15,24,26-27,31H,3,7-9,16-20H2,1-2H3,(H,32,35)(H,33,36)/t24-,26?,27+/m0/s1. The van der Waals surface area contributed by atoms with Crippen molar-refractivity contribution in [3.63, 3.8) is 0 Å². The Morgan fingerprint density at radius 1 is 1.05 bits per heavy atom. The number of anilines is 1. The van der Waals surface area contributed by atoms with Crippen LogP contribution in [0, 0.1) is 5.41 Å². The molecule has 2 aromatic carbocycles. The predicted molar refractivity (Wildman–Crippen MR) is 144 cm³/mol. The van der Waals surface area contributed by atoms with E-state index < -0.39 is 12.1 Å². The molecule has 198 valence electrons. The van der Waals surface area contributed by atoms with Gasteiger partial charge in [-0.15, -0.1) is 0 Å². The third kappa shape index (κ3) is 7.19. The summed E-state index contributed by atoms with van der Waals surface area (Å²) in [5.41, 5.74) is 2.56. The molecule has 1 saturated heterocycles. The van der Waals surface area contributed by atoms with Gasteiger partial charge in [0, 0.05) is 17.8 Å². The number of amides is 2. The van der Waals surface area contributed by atoms with Crippen LogP contribution in [0.1, 0.15) is 74.7 Å². The fourth-order valence-electron chi connectivity index (χ4n) is 5.46. The van der Waals surface area contributed by atoms with Gasteiger partial charge in [-0.2, -0.15) is 0 Å². The first-order valence-corrected chi connectivity index (χ1v) is 13.5. The molecule has 1 aliphatic heterocycles. The Bertz CT molecular complexity index is 1060. The smallest absolute Gasteiger partial charge is 0.251 e. The molecule has 0 radical (unpaired) electrons. The van der Waals surface area contributed by atoms with Crippen molar-refractivity contribution in [1.82, 2.24) is 10.6 Å². The highest BCUT2D eigenvalue weighted by Crippen LogP contribution is 2.41. The van der Waals surface area contributed by atoms with E-state index >= 15 is 0 Å². The largest absolute Gasteiger partial charge is 0.381 e. The van der Waals surface area contributed by atoms with E-state index in [9.17, 15) is 14.4 Å². The van der Waals surface area contributed by atoms with Crippen LogP contribution >= 0.6 is 0 Å². The Morgan fingerprint density at radius 2 is 1.76 bits per heavy atom. The molecule has 2 aliphatic rings. The van der Waals surface area contributed by atoms with Gasteiger partial charge < -0.3 is 20.7 Å². The van der Waals surface area contributed by atoms with Crippen molar-refractivity contribution in [2.75, 3.05) is 11.9 Å². The van der Waals surface area contributed by atoms with Gasteiger partial charge >= 0.3 is 0 Å². The van der Waals surface area contributed by atoms with Gasteiger partial charge in [-0.3, -0.25) is 14.4 Å². The summed E-state index contributed by atoms with van der Waals surface area (Å²) in [6.07, 6.45) is 6.11. The van der Waals surface area contributed by atoms with Crippen LogP contribution in [0.3, 0.4) is 0 Å². The van der Waals surface area contributed by atoms with E-state index in [4.69, 9.17) is 4.74 Å². The molecule has 3 N–H and O–H groups in total. The second-order valence-electron chi connectivity index (χ2n) is 10.8. The molecule has 2 aromatic rings. The van der Waals surface area contributed by atoms with Crippen molar-refractivity contribution in [2.45, 2.75) is 83.5 Å². The first kappa shape index (κ1) is 26.9. The minimum atomic E-state index is -0.720. The second-order valence-corrected chi connectivity index (χ2v) is 10.8. The number of Topliss-reactive ketones (excluding diaryl/α,β-unsaturated/α-hetero) is 1. The molecule has 1 saturated carbocycles. The molecule has 0 spiro atoms. The van der Waals surface area contributed by atoms with E-state index in [0.29, 0.717) is 24.9 Å². The predicted octanol–water partition coefficient (Wildman–Crippen LogP) is 4.62. The Labute approximate surface area is 219 Å². The Hall–Kier alpha value is -3.19. The van der Waals surface area contributed by atoms with Crippen LogP contribution in [0.2, 0.25) is 0 Å². The topological polar surface area (TPSA) is 96.5 Å². The summed E-state index contributed by atoms with van der Waals surface area (Å²) in [6.45, 7) is 4.92. The molecule has 2 amide bonds. The molecule has 3 atom stereocenters. The maximum absolute atomic E-state index is 13.4. The minimum Gasteiger partial charge on any atom is -0.381 e. The summed E-state index contributed by atoms with van der Waals surface area (Å²) in [5.74, 6) is -0.717. The molecule has 2 fully saturated rings. The third-order valence-corrected chi connectivity index (χ3v) is 7.65. The van der Waals surface area contributed by atoms with E-state index in [2.05, 4.69) is 35.0 Å². The average Bonchev–Trinajstić information content (AvgIpc) is 3.49. The molecule has 0 bridgehead atoms. The lowest BCUT2D eigenvalue weighted by atomic mass is 9.81. The van der Waals surface area contributed by atoms with E-state index in [1.54, 1.807) is 12.1 Å². The molecule has 7 heteroatoms. The first-order chi connectivity index (χ1) is 17.9. The lowest BCUT2D eigenvalue weighted by Crippen LogP contribution is -2.54. The molecular formula is C30H39N3O4. The number of benzene rings is 2. The average molecular weight is 506 g/mol. The summed E-state index contributed by atoms with van der Waals surface area (Å²) in [4.78, 5) is 39.0. The van der Waals surface area contributed by atoms with E-state index in [1.165, 1.54) is 5.56 Å². The van der Waals surface area contributed by atoms with Crippen molar-refractivity contribution >= 4 is 23.3 Å². The normalized spacial score (nSPS) is 21.4. The summed E-state index contributed by atoms with van der Waals surface area (Å²) in [5, 5.41) is 9.25. The maximum atomic E-state index is 13.4. The van der Waals surface area contributed by atoms with Crippen LogP contribution in [-0.4, -0.2) is 42.4 Å². The summed E-state index contributed by atoms with van der Waals surface area (Å²) in [7, 11) is 0. The molecule has 4 rings (SSSR count). The number of ketones is 1. The number of hydrogen-bond donors (Lipinski definition) is 3. The molecule has 37 heavy (non-hydrogen) atoms. The summed E-state index contributed by atoms with van der Waals surface area (Å²) >= 11 is 0. The van der Waals surface area contributed by atoms with Gasteiger partial charge in [-0.1, -0.05) is 63.4 Å². The Kier molecular flexibility index (Phi) is 8.98. The van der Waals surface area contributed by atoms with Gasteiger partial charge in [0.05, 0.1) is 6.10 Å². The van der Waals surface area contributed by atoms with Crippen LogP contribution < -0.4 is 16.0 Å². The van der Waals surface area contributed by atoms with Gasteiger partial charge in [0.15, 0.2) is 5.78 Å². The lowest BCUT2D eigenvalue weighted by Gasteiger charge is -2.30. The van der Waals surface area contributed by atoms with E-state index in [-0.39, 0.29) is 35.7 Å². The Morgan fingerprint density at radius 3 is 2.43 bits per heavy atom. The molecule has 1 heterocycles. The van der Waals surface area contributed by atoms with E-state index in [1.807, 2.05) is 37.3 Å². The fourth-order valence-corrected chi connectivity index (χ4v) is 5.46. The van der Waals surface area contributed by atoms with Crippen molar-refractivity contribution in [3.8, 4) is 0 Å². The highest BCUT2D eigenvalue weighted by atomic mass is 16.5. The molecular weight excluding hydrogens is 466 g/mol. The summed E-state index contributed by atoms with van der Waals surface area (Å²) < 4.78 is 5.60. The zero-order chi connectivity index (χ0) is 26.3. The zero-order valence-corrected chi connectivity index (χ0v) is 21.9. The van der Waals surface area contributed by atoms with E-state index in [0.717, 1.165) is 37.8 Å². The quantitative estimate of drug-likeness (QED) is 0.414. The zero-order valence-electron chi connectivity index (χ0n) is 21.9. The Balaban J connectivity index is 1.41. The SMILES string of the molecule is CCCC1OCC(=O)[C@H]1NC(=O)[C@H](CC1(C)CCCC1)NC(=O)c1ccc(NCc2ccccc2)cc1. The number of carbonyl (C=O) groups is 3. The van der Waals surface area contributed by atoms with Crippen LogP contribution in [0.15, 0.2) is 54.6 Å². The maximum Gasteiger partial charge on any atom is 0.251 e. The molecule has 1 aliphatic carbocycles. The van der Waals surface area contributed by atoms with Crippen molar-refractivity contribution in [3.05, 3.63) is 65.7 Å². The van der Waals surface area contributed by atoms with Gasteiger partial charge in [-0.05, 0) is 60.9 Å². The third-order valence-electron chi connectivity index (χ3n) is 7.65. The van der Waals surface area contributed by atoms with Gasteiger partial charge in [0.1, 0.15) is 18.7 Å². The second kappa shape index (κ2) is 12.4. The van der Waals surface area contributed by atoms with Crippen LogP contribution in [-0.2, 0) is 20.9 Å². The minimum absolute atomic E-state index is 0.0144. The van der Waals surface area contributed by atoms with Gasteiger partial charge in [0.2, 0.25) is 5.91 Å². The first-order valence-electron chi connectivity index (χ1n) is 13.5. The van der Waals surface area contributed by atoms with Gasteiger partial charge in [0.25, 0.3) is 5.91 Å². The van der Waals surface area contributed by atoms with Crippen LogP contribution in [0.5, 0.6) is 0 Å². The molecule has 7 nitrogen and oxygen atoms in total. The van der Waals surface area contributed by atoms with Gasteiger partial charge in [-0.25, -0.2) is 0 Å². The number of rotatable bonds is 11. The molecule has 1 unspecified atom stereocenters. The van der Waals surface area contributed by atoms with Crippen molar-refractivity contribution in [1.29, 1.82) is 0 Å². The number of nitrogens with one attached hydrogen (secondary N) is 3. The number of hydrogen-bond acceptors (Lipinski definition) is 5. The monoisotopic (exact) mass is 505 g/mol. The highest BCUT2D eigenvalue weighted by molar-refractivity contribution is 5.99. The van der Waals surface area contributed by atoms with Crippen LogP contribution in [0.25, 0.3) is 0 Å². The fraction of sp³-hybridized carbons (Fsp3) is 0.500. The number of carbonyl (C=O) groups excluding carboxylic acids is 3. The molecule has 0 aromatic heterocycles. The van der Waals surface area contributed by atoms with Crippen molar-refractivity contribution in [2.24, 2.45) is 5.41 Å². The lowest BCUT2D eigenvalue weighted by molar-refractivity contribution is -0.128. The highest BCUT2D eigenvalue weighted by Gasteiger charge is 2.40.